The van der Waals surface area contributed by atoms with Gasteiger partial charge in [-0.25, -0.2) is 19.3 Å². The molecule has 4 aromatic rings. The number of rotatable bonds is 2. The Hall–Kier alpha value is -2.76. The van der Waals surface area contributed by atoms with E-state index in [0.29, 0.717) is 32.5 Å². The van der Waals surface area contributed by atoms with E-state index in [9.17, 15) is 4.39 Å². The van der Waals surface area contributed by atoms with Gasteiger partial charge in [0.05, 0.1) is 21.3 Å². The van der Waals surface area contributed by atoms with Gasteiger partial charge in [-0.15, -0.1) is 0 Å². The number of hydrogen-bond donors (Lipinski definition) is 1. The maximum atomic E-state index is 13.2. The molecule has 2 heterocycles. The predicted octanol–water partition coefficient (Wildman–Crippen LogP) is 5.39. The average Bonchev–Trinajstić information content (AvgIpc) is 2.63. The zero-order valence-electron chi connectivity index (χ0n) is 13.2. The Morgan fingerprint density at radius 3 is 2.23 bits per heavy atom. The molecule has 0 amide bonds. The lowest BCUT2D eigenvalue weighted by Gasteiger charge is -2.09. The molecule has 4 nitrogen and oxygen atoms in total. The van der Waals surface area contributed by atoms with E-state index in [4.69, 9.17) is 28.9 Å². The van der Waals surface area contributed by atoms with E-state index < -0.39 is 0 Å². The standard InChI is InChI=1S/C19H11Cl2FN4/c20-13-6-3-11(9-14(13)21)17-18-16(25-19(23)26-17)8-7-15(24-18)10-1-4-12(22)5-2-10/h1-9H,(H2,23,25,26). The van der Waals surface area contributed by atoms with Crippen molar-refractivity contribution in [3.05, 3.63) is 70.5 Å². The molecule has 128 valence electrons. The zero-order valence-corrected chi connectivity index (χ0v) is 14.8. The monoisotopic (exact) mass is 384 g/mol. The lowest BCUT2D eigenvalue weighted by molar-refractivity contribution is 0.628. The van der Waals surface area contributed by atoms with Gasteiger partial charge in [-0.2, -0.15) is 0 Å². The number of benzene rings is 2. The number of nitrogen functional groups attached to an aromatic ring is 1. The quantitative estimate of drug-likeness (QED) is 0.503. The average molecular weight is 385 g/mol. The molecule has 4 rings (SSSR count). The number of nitrogens with two attached hydrogens (primary N) is 1. The van der Waals surface area contributed by atoms with Crippen LogP contribution in [0.15, 0.2) is 54.6 Å². The van der Waals surface area contributed by atoms with Crippen LogP contribution >= 0.6 is 23.2 Å². The van der Waals surface area contributed by atoms with Gasteiger partial charge < -0.3 is 5.73 Å². The summed E-state index contributed by atoms with van der Waals surface area (Å²) in [5, 5.41) is 0.853. The molecule has 2 aromatic carbocycles. The first-order valence-corrected chi connectivity index (χ1v) is 8.42. The first-order chi connectivity index (χ1) is 12.5. The van der Waals surface area contributed by atoms with Gasteiger partial charge in [-0.05, 0) is 48.5 Å². The molecule has 0 saturated carbocycles. The highest BCUT2D eigenvalue weighted by atomic mass is 35.5. The van der Waals surface area contributed by atoms with E-state index in [0.717, 1.165) is 11.1 Å². The van der Waals surface area contributed by atoms with E-state index in [2.05, 4.69) is 15.0 Å². The third kappa shape index (κ3) is 3.07. The van der Waals surface area contributed by atoms with Crippen molar-refractivity contribution in [1.29, 1.82) is 0 Å². The van der Waals surface area contributed by atoms with Crippen LogP contribution in [0.25, 0.3) is 33.5 Å². The minimum atomic E-state index is -0.304. The summed E-state index contributed by atoms with van der Waals surface area (Å²) < 4.78 is 13.2. The molecule has 2 aromatic heterocycles. The fourth-order valence-electron chi connectivity index (χ4n) is 2.66. The number of nitrogens with zero attached hydrogens (tertiary/aromatic N) is 3. The predicted molar refractivity (Wildman–Crippen MR) is 103 cm³/mol. The van der Waals surface area contributed by atoms with Gasteiger partial charge in [0.1, 0.15) is 17.0 Å². The van der Waals surface area contributed by atoms with Crippen molar-refractivity contribution in [2.45, 2.75) is 0 Å². The SMILES string of the molecule is Nc1nc(-c2ccc(Cl)c(Cl)c2)c2nc(-c3ccc(F)cc3)ccc2n1. The van der Waals surface area contributed by atoms with E-state index in [1.165, 1.54) is 12.1 Å². The van der Waals surface area contributed by atoms with Gasteiger partial charge in [-0.3, -0.25) is 0 Å². The third-order valence-electron chi connectivity index (χ3n) is 3.89. The Kier molecular flexibility index (Phi) is 4.18. The summed E-state index contributed by atoms with van der Waals surface area (Å²) in [6, 6.07) is 14.9. The van der Waals surface area contributed by atoms with Gasteiger partial charge in [0, 0.05) is 11.1 Å². The molecule has 0 unspecified atom stereocenters. The molecule has 0 aliphatic rings. The van der Waals surface area contributed by atoms with Crippen LogP contribution in [0, 0.1) is 5.82 Å². The van der Waals surface area contributed by atoms with Crippen molar-refractivity contribution in [2.75, 3.05) is 5.73 Å². The smallest absolute Gasteiger partial charge is 0.221 e. The molecular weight excluding hydrogens is 374 g/mol. The highest BCUT2D eigenvalue weighted by Crippen LogP contribution is 2.32. The summed E-state index contributed by atoms with van der Waals surface area (Å²) in [7, 11) is 0. The molecule has 0 atom stereocenters. The highest BCUT2D eigenvalue weighted by molar-refractivity contribution is 6.42. The largest absolute Gasteiger partial charge is 0.368 e. The van der Waals surface area contributed by atoms with E-state index in [1.54, 1.807) is 42.5 Å². The van der Waals surface area contributed by atoms with Gasteiger partial charge in [0.15, 0.2) is 0 Å². The molecule has 7 heteroatoms. The van der Waals surface area contributed by atoms with Gasteiger partial charge in [0.25, 0.3) is 0 Å². The fourth-order valence-corrected chi connectivity index (χ4v) is 2.96. The van der Waals surface area contributed by atoms with Crippen molar-refractivity contribution in [3.63, 3.8) is 0 Å². The van der Waals surface area contributed by atoms with E-state index >= 15 is 0 Å². The van der Waals surface area contributed by atoms with Crippen LogP contribution in [-0.4, -0.2) is 15.0 Å². The molecule has 0 bridgehead atoms. The molecule has 0 saturated heterocycles. The fraction of sp³-hybridized carbons (Fsp3) is 0. The van der Waals surface area contributed by atoms with Crippen LogP contribution in [0.1, 0.15) is 0 Å². The maximum absolute atomic E-state index is 13.2. The summed E-state index contributed by atoms with van der Waals surface area (Å²) in [6.45, 7) is 0. The lowest BCUT2D eigenvalue weighted by Crippen LogP contribution is -2.00. The van der Waals surface area contributed by atoms with Crippen LogP contribution in [0.5, 0.6) is 0 Å². The Morgan fingerprint density at radius 2 is 1.50 bits per heavy atom. The number of anilines is 1. The van der Waals surface area contributed by atoms with Crippen LogP contribution < -0.4 is 5.73 Å². The normalized spacial score (nSPS) is 11.0. The first kappa shape index (κ1) is 16.7. The number of pyridine rings is 1. The summed E-state index contributed by atoms with van der Waals surface area (Å²) in [4.78, 5) is 13.2. The minimum Gasteiger partial charge on any atom is -0.368 e. The number of fused-ring (bicyclic) bond motifs is 1. The molecule has 2 N–H and O–H groups in total. The zero-order chi connectivity index (χ0) is 18.3. The molecule has 0 spiro atoms. The topological polar surface area (TPSA) is 64.7 Å². The van der Waals surface area contributed by atoms with Gasteiger partial charge in [-0.1, -0.05) is 29.3 Å². The van der Waals surface area contributed by atoms with E-state index in [-0.39, 0.29) is 11.8 Å². The lowest BCUT2D eigenvalue weighted by atomic mass is 10.1. The Morgan fingerprint density at radius 1 is 0.769 bits per heavy atom. The number of halogens is 3. The molecular formula is C19H11Cl2FN4. The molecule has 0 radical (unpaired) electrons. The minimum absolute atomic E-state index is 0.134. The first-order valence-electron chi connectivity index (χ1n) is 7.67. The van der Waals surface area contributed by atoms with Crippen LogP contribution in [0.4, 0.5) is 10.3 Å². The number of hydrogen-bond acceptors (Lipinski definition) is 4. The summed E-state index contributed by atoms with van der Waals surface area (Å²) in [6.07, 6.45) is 0. The molecule has 0 aliphatic heterocycles. The summed E-state index contributed by atoms with van der Waals surface area (Å²) in [5.74, 6) is -0.169. The second-order valence-corrected chi connectivity index (χ2v) is 6.44. The highest BCUT2D eigenvalue weighted by Gasteiger charge is 2.13. The van der Waals surface area contributed by atoms with Crippen molar-refractivity contribution < 1.29 is 4.39 Å². The van der Waals surface area contributed by atoms with Crippen molar-refractivity contribution in [3.8, 4) is 22.5 Å². The molecule has 26 heavy (non-hydrogen) atoms. The van der Waals surface area contributed by atoms with Crippen molar-refractivity contribution in [1.82, 2.24) is 15.0 Å². The second-order valence-electron chi connectivity index (χ2n) is 5.63. The van der Waals surface area contributed by atoms with E-state index in [1.807, 2.05) is 0 Å². The maximum Gasteiger partial charge on any atom is 0.221 e. The molecule has 0 aliphatic carbocycles. The molecule has 0 fully saturated rings. The van der Waals surface area contributed by atoms with Crippen LogP contribution in [0.3, 0.4) is 0 Å². The Labute approximate surface area is 158 Å². The van der Waals surface area contributed by atoms with Crippen LogP contribution in [0.2, 0.25) is 10.0 Å². The van der Waals surface area contributed by atoms with Crippen molar-refractivity contribution >= 4 is 40.2 Å². The Bertz CT molecular complexity index is 1130. The van der Waals surface area contributed by atoms with Crippen molar-refractivity contribution in [2.24, 2.45) is 0 Å². The second kappa shape index (κ2) is 6.52. The van der Waals surface area contributed by atoms with Gasteiger partial charge >= 0.3 is 0 Å². The van der Waals surface area contributed by atoms with Crippen LogP contribution in [-0.2, 0) is 0 Å². The van der Waals surface area contributed by atoms with Gasteiger partial charge in [0.2, 0.25) is 5.95 Å². The Balaban J connectivity index is 1.95. The number of aromatic nitrogens is 3. The summed E-state index contributed by atoms with van der Waals surface area (Å²) in [5.41, 5.74) is 9.75. The third-order valence-corrected chi connectivity index (χ3v) is 4.63. The summed E-state index contributed by atoms with van der Waals surface area (Å²) >= 11 is 12.1.